The summed E-state index contributed by atoms with van der Waals surface area (Å²) in [5, 5.41) is 14.4. The number of nitrogens with zero attached hydrogens (tertiary/aromatic N) is 3. The Labute approximate surface area is 134 Å². The van der Waals surface area contributed by atoms with Crippen molar-refractivity contribution in [1.29, 1.82) is 5.26 Å². The van der Waals surface area contributed by atoms with Crippen LogP contribution in [-0.4, -0.2) is 23.5 Å². The standard InChI is InChI=1S/C18H16N4O/c1-3-13-4-5-14-10-21-17(9-15(14)8-13)22(11-19)18(23)16-6-7-20-12(16)2/h1,4-5,8-10,12,16,20H,6-7H2,2H3/t12-,16-/m0/s1. The number of anilines is 1. The smallest absolute Gasteiger partial charge is 0.246 e. The SMILES string of the molecule is C#Cc1ccc2cnc(N(C#N)C(=O)[C@H]3CCN[C@H]3C)cc2c1. The average molecular weight is 304 g/mol. The molecule has 3 rings (SSSR count). The first-order valence-corrected chi connectivity index (χ1v) is 7.47. The van der Waals surface area contributed by atoms with E-state index >= 15 is 0 Å². The third-order valence-corrected chi connectivity index (χ3v) is 4.27. The second-order valence-electron chi connectivity index (χ2n) is 5.66. The molecule has 114 valence electrons. The minimum Gasteiger partial charge on any atom is -0.313 e. The highest BCUT2D eigenvalue weighted by atomic mass is 16.2. The molecule has 1 fully saturated rings. The Hall–Kier alpha value is -2.89. The fraction of sp³-hybridized carbons (Fsp3) is 0.278. The maximum absolute atomic E-state index is 12.6. The number of nitriles is 1. The van der Waals surface area contributed by atoms with Gasteiger partial charge in [0.15, 0.2) is 6.19 Å². The Kier molecular flexibility index (Phi) is 3.97. The predicted octanol–water partition coefficient (Wildman–Crippen LogP) is 2.03. The maximum Gasteiger partial charge on any atom is 0.246 e. The van der Waals surface area contributed by atoms with Crippen molar-refractivity contribution in [3.05, 3.63) is 36.0 Å². The number of benzene rings is 1. The van der Waals surface area contributed by atoms with Gasteiger partial charge in [-0.1, -0.05) is 12.0 Å². The Morgan fingerprint density at radius 3 is 2.91 bits per heavy atom. The van der Waals surface area contributed by atoms with Crippen LogP contribution in [0.5, 0.6) is 0 Å². The lowest BCUT2D eigenvalue weighted by Gasteiger charge is -2.20. The summed E-state index contributed by atoms with van der Waals surface area (Å²) in [6, 6.07) is 7.35. The summed E-state index contributed by atoms with van der Waals surface area (Å²) >= 11 is 0. The fourth-order valence-corrected chi connectivity index (χ4v) is 2.92. The average Bonchev–Trinajstić information content (AvgIpc) is 3.00. The van der Waals surface area contributed by atoms with Gasteiger partial charge in [-0.05, 0) is 43.5 Å². The van der Waals surface area contributed by atoms with Gasteiger partial charge in [-0.25, -0.2) is 4.98 Å². The molecule has 1 aliphatic heterocycles. The lowest BCUT2D eigenvalue weighted by atomic mass is 10.0. The summed E-state index contributed by atoms with van der Waals surface area (Å²) in [6.07, 6.45) is 9.76. The second-order valence-corrected chi connectivity index (χ2v) is 5.66. The van der Waals surface area contributed by atoms with E-state index in [1.165, 1.54) is 0 Å². The van der Waals surface area contributed by atoms with Crippen molar-refractivity contribution >= 4 is 22.5 Å². The summed E-state index contributed by atoms with van der Waals surface area (Å²) in [5.74, 6) is 2.49. The van der Waals surface area contributed by atoms with E-state index in [-0.39, 0.29) is 17.9 Å². The summed E-state index contributed by atoms with van der Waals surface area (Å²) in [4.78, 5) is 18.0. The number of hydrogen-bond acceptors (Lipinski definition) is 4. The van der Waals surface area contributed by atoms with Crippen molar-refractivity contribution < 1.29 is 4.79 Å². The van der Waals surface area contributed by atoms with Crippen LogP contribution in [0.4, 0.5) is 5.82 Å². The minimum absolute atomic E-state index is 0.0619. The second kappa shape index (κ2) is 6.08. The van der Waals surface area contributed by atoms with Crippen LogP contribution in [0, 0.1) is 29.7 Å². The number of hydrogen-bond donors (Lipinski definition) is 1. The van der Waals surface area contributed by atoms with Crippen molar-refractivity contribution in [1.82, 2.24) is 10.3 Å². The van der Waals surface area contributed by atoms with Crippen LogP contribution >= 0.6 is 0 Å². The number of terminal acetylenes is 1. The molecular formula is C18H16N4O. The van der Waals surface area contributed by atoms with E-state index < -0.39 is 0 Å². The van der Waals surface area contributed by atoms with Gasteiger partial charge < -0.3 is 5.32 Å². The molecule has 1 aliphatic rings. The molecule has 0 unspecified atom stereocenters. The number of rotatable bonds is 2. The van der Waals surface area contributed by atoms with Crippen LogP contribution in [0.3, 0.4) is 0 Å². The monoisotopic (exact) mass is 304 g/mol. The van der Waals surface area contributed by atoms with E-state index in [1.54, 1.807) is 12.3 Å². The molecule has 2 aromatic rings. The topological polar surface area (TPSA) is 69.0 Å². The van der Waals surface area contributed by atoms with Crippen LogP contribution in [-0.2, 0) is 4.79 Å². The number of nitrogens with one attached hydrogen (secondary N) is 1. The normalized spacial score (nSPS) is 20.0. The van der Waals surface area contributed by atoms with Gasteiger partial charge in [0.1, 0.15) is 5.82 Å². The quantitative estimate of drug-likeness (QED) is 0.523. The highest BCUT2D eigenvalue weighted by molar-refractivity contribution is 5.99. The first-order chi connectivity index (χ1) is 11.1. The summed E-state index contributed by atoms with van der Waals surface area (Å²) in [5.41, 5.74) is 0.748. The number of aromatic nitrogens is 1. The molecular weight excluding hydrogens is 288 g/mol. The first kappa shape index (κ1) is 15.0. The van der Waals surface area contributed by atoms with Gasteiger partial charge in [-0.15, -0.1) is 6.42 Å². The molecule has 1 aromatic heterocycles. The molecule has 1 N–H and O–H groups in total. The van der Waals surface area contributed by atoms with E-state index in [1.807, 2.05) is 31.3 Å². The van der Waals surface area contributed by atoms with Gasteiger partial charge in [0.25, 0.3) is 0 Å². The van der Waals surface area contributed by atoms with Crippen LogP contribution in [0.2, 0.25) is 0 Å². The number of pyridine rings is 1. The highest BCUT2D eigenvalue weighted by Crippen LogP contribution is 2.24. The summed E-state index contributed by atoms with van der Waals surface area (Å²) in [7, 11) is 0. The number of fused-ring (bicyclic) bond motifs is 1. The van der Waals surface area contributed by atoms with Crippen LogP contribution < -0.4 is 10.2 Å². The van der Waals surface area contributed by atoms with Crippen molar-refractivity contribution in [2.45, 2.75) is 19.4 Å². The number of carbonyl (C=O) groups is 1. The fourth-order valence-electron chi connectivity index (χ4n) is 2.92. The zero-order chi connectivity index (χ0) is 16.4. The van der Waals surface area contributed by atoms with Crippen LogP contribution in [0.15, 0.2) is 30.5 Å². The van der Waals surface area contributed by atoms with Gasteiger partial charge in [-0.2, -0.15) is 10.2 Å². The van der Waals surface area contributed by atoms with Gasteiger partial charge in [0.05, 0.1) is 5.92 Å². The number of amides is 1. The minimum atomic E-state index is -0.218. The van der Waals surface area contributed by atoms with Crippen molar-refractivity contribution in [3.8, 4) is 18.5 Å². The van der Waals surface area contributed by atoms with Crippen LogP contribution in [0.1, 0.15) is 18.9 Å². The van der Waals surface area contributed by atoms with Gasteiger partial charge in [0.2, 0.25) is 5.91 Å². The van der Waals surface area contributed by atoms with Gasteiger partial charge in [0, 0.05) is 23.2 Å². The molecule has 0 spiro atoms. The third kappa shape index (κ3) is 2.75. The molecule has 1 aromatic carbocycles. The van der Waals surface area contributed by atoms with E-state index in [0.29, 0.717) is 5.82 Å². The Bertz CT molecular complexity index is 846. The van der Waals surface area contributed by atoms with Gasteiger partial charge >= 0.3 is 0 Å². The molecule has 2 atom stereocenters. The molecule has 1 amide bonds. The van der Waals surface area contributed by atoms with E-state index in [2.05, 4.69) is 16.2 Å². The van der Waals surface area contributed by atoms with E-state index in [0.717, 1.165) is 34.2 Å². The zero-order valence-corrected chi connectivity index (χ0v) is 12.8. The molecule has 5 nitrogen and oxygen atoms in total. The Balaban J connectivity index is 1.98. The Morgan fingerprint density at radius 1 is 1.43 bits per heavy atom. The zero-order valence-electron chi connectivity index (χ0n) is 12.8. The molecule has 0 aliphatic carbocycles. The molecule has 5 heteroatoms. The molecule has 23 heavy (non-hydrogen) atoms. The van der Waals surface area contributed by atoms with Gasteiger partial charge in [-0.3, -0.25) is 4.79 Å². The Morgan fingerprint density at radius 2 is 2.26 bits per heavy atom. The van der Waals surface area contributed by atoms with Crippen molar-refractivity contribution in [3.63, 3.8) is 0 Å². The maximum atomic E-state index is 12.6. The number of carbonyl (C=O) groups excluding carboxylic acids is 1. The first-order valence-electron chi connectivity index (χ1n) is 7.47. The molecule has 1 saturated heterocycles. The summed E-state index contributed by atoms with van der Waals surface area (Å²) in [6.45, 7) is 2.74. The lowest BCUT2D eigenvalue weighted by Crippen LogP contribution is -2.38. The predicted molar refractivity (Wildman–Crippen MR) is 88.3 cm³/mol. The van der Waals surface area contributed by atoms with E-state index in [9.17, 15) is 10.1 Å². The molecule has 0 bridgehead atoms. The molecule has 2 heterocycles. The third-order valence-electron chi connectivity index (χ3n) is 4.27. The lowest BCUT2D eigenvalue weighted by molar-refractivity contribution is -0.121. The summed E-state index contributed by atoms with van der Waals surface area (Å²) < 4.78 is 0. The largest absolute Gasteiger partial charge is 0.313 e. The van der Waals surface area contributed by atoms with Crippen LogP contribution in [0.25, 0.3) is 10.8 Å². The van der Waals surface area contributed by atoms with E-state index in [4.69, 9.17) is 6.42 Å². The highest BCUT2D eigenvalue weighted by Gasteiger charge is 2.34. The molecule has 0 saturated carbocycles. The molecule has 0 radical (unpaired) electrons. The van der Waals surface area contributed by atoms with Crippen molar-refractivity contribution in [2.24, 2.45) is 5.92 Å². The van der Waals surface area contributed by atoms with Crippen molar-refractivity contribution in [2.75, 3.05) is 11.4 Å².